The van der Waals surface area contributed by atoms with Gasteiger partial charge in [0.1, 0.15) is 0 Å². The molecule has 5 nitrogen and oxygen atoms in total. The summed E-state index contributed by atoms with van der Waals surface area (Å²) in [5.74, 6) is -1.69. The van der Waals surface area contributed by atoms with Crippen LogP contribution in [0.2, 0.25) is 0 Å². The van der Waals surface area contributed by atoms with Gasteiger partial charge in [-0.1, -0.05) is 6.92 Å². The number of aromatic amines is 1. The fraction of sp³-hybridized carbons (Fsp3) is 0.500. The van der Waals surface area contributed by atoms with Crippen LogP contribution in [0, 0.1) is 5.92 Å². The third-order valence-electron chi connectivity index (χ3n) is 2.73. The van der Waals surface area contributed by atoms with Gasteiger partial charge in [0.25, 0.3) is 0 Å². The highest BCUT2D eigenvalue weighted by Crippen LogP contribution is 2.06. The van der Waals surface area contributed by atoms with Crippen LogP contribution < -0.4 is 0 Å². The normalized spacial score (nSPS) is 12.1. The molecule has 1 heterocycles. The molecule has 2 N–H and O–H groups in total. The van der Waals surface area contributed by atoms with E-state index in [1.165, 1.54) is 0 Å². The van der Waals surface area contributed by atoms with Crippen molar-refractivity contribution >= 4 is 11.9 Å². The zero-order valence-corrected chi connectivity index (χ0v) is 10.1. The highest BCUT2D eigenvalue weighted by Gasteiger charge is 2.18. The van der Waals surface area contributed by atoms with Crippen LogP contribution in [-0.4, -0.2) is 40.5 Å². The molecule has 0 radical (unpaired) electrons. The maximum Gasteiger partial charge on any atom is 0.306 e. The van der Waals surface area contributed by atoms with Crippen LogP contribution in [0.25, 0.3) is 0 Å². The number of nitrogens with zero attached hydrogens (tertiary/aromatic N) is 1. The summed E-state index contributed by atoms with van der Waals surface area (Å²) in [7, 11) is 1.70. The zero-order chi connectivity index (χ0) is 12.8. The molecule has 1 atom stereocenters. The van der Waals surface area contributed by atoms with Crippen LogP contribution in [0.4, 0.5) is 0 Å². The van der Waals surface area contributed by atoms with E-state index in [-0.39, 0.29) is 12.3 Å². The van der Waals surface area contributed by atoms with Crippen LogP contribution in [0.5, 0.6) is 0 Å². The molecule has 0 aliphatic rings. The van der Waals surface area contributed by atoms with Crippen molar-refractivity contribution in [3.05, 3.63) is 24.0 Å². The van der Waals surface area contributed by atoms with Crippen molar-refractivity contribution in [2.75, 3.05) is 13.6 Å². The highest BCUT2D eigenvalue weighted by atomic mass is 16.4. The van der Waals surface area contributed by atoms with Gasteiger partial charge in [-0.15, -0.1) is 0 Å². The largest absolute Gasteiger partial charge is 0.481 e. The molecule has 0 fully saturated rings. The molecule has 0 aliphatic carbocycles. The second kappa shape index (κ2) is 6.08. The lowest BCUT2D eigenvalue weighted by molar-refractivity contribution is -0.144. The molecular formula is C12H18N2O3. The summed E-state index contributed by atoms with van der Waals surface area (Å²) < 4.78 is 0. The third-order valence-corrected chi connectivity index (χ3v) is 2.73. The van der Waals surface area contributed by atoms with Gasteiger partial charge < -0.3 is 15.0 Å². The molecule has 1 aromatic rings. The number of carbonyl (C=O) groups is 2. The van der Waals surface area contributed by atoms with Gasteiger partial charge in [0, 0.05) is 32.4 Å². The van der Waals surface area contributed by atoms with Gasteiger partial charge >= 0.3 is 5.97 Å². The summed E-state index contributed by atoms with van der Waals surface area (Å²) in [5.41, 5.74) is 1.14. The van der Waals surface area contributed by atoms with Crippen LogP contribution in [0.15, 0.2) is 18.5 Å². The van der Waals surface area contributed by atoms with E-state index in [9.17, 15) is 9.59 Å². The number of carboxylic acids is 1. The van der Waals surface area contributed by atoms with Crippen molar-refractivity contribution in [1.29, 1.82) is 0 Å². The van der Waals surface area contributed by atoms with E-state index in [4.69, 9.17) is 5.11 Å². The van der Waals surface area contributed by atoms with Gasteiger partial charge in [0.05, 0.1) is 5.92 Å². The second-order valence-corrected chi connectivity index (χ2v) is 4.23. The first-order chi connectivity index (χ1) is 8.00. The number of carboxylic acid groups (broad SMARTS) is 1. The number of nitrogens with one attached hydrogen (secondary N) is 1. The Labute approximate surface area is 100 Å². The number of amides is 1. The van der Waals surface area contributed by atoms with Gasteiger partial charge in [-0.25, -0.2) is 0 Å². The lowest BCUT2D eigenvalue weighted by atomic mass is 10.1. The molecular weight excluding hydrogens is 220 g/mol. The Balaban J connectivity index is 2.34. The first-order valence-electron chi connectivity index (χ1n) is 5.59. The lowest BCUT2D eigenvalue weighted by Crippen LogP contribution is -2.31. The molecule has 94 valence electrons. The number of likely N-dealkylation sites (N-methyl/N-ethyl adjacent to an activating group) is 1. The zero-order valence-electron chi connectivity index (χ0n) is 10.1. The molecule has 5 heteroatoms. The minimum Gasteiger partial charge on any atom is -0.481 e. The second-order valence-electron chi connectivity index (χ2n) is 4.23. The predicted octanol–water partition coefficient (Wildman–Crippen LogP) is 1.13. The monoisotopic (exact) mass is 238 g/mol. The summed E-state index contributed by atoms with van der Waals surface area (Å²) in [6.45, 7) is 2.14. The van der Waals surface area contributed by atoms with Gasteiger partial charge in [-0.2, -0.15) is 0 Å². The molecule has 0 aromatic carbocycles. The number of H-pyrrole nitrogens is 1. The van der Waals surface area contributed by atoms with E-state index in [1.807, 2.05) is 18.5 Å². The van der Waals surface area contributed by atoms with Crippen molar-refractivity contribution in [3.63, 3.8) is 0 Å². The molecule has 1 aromatic heterocycles. The maximum absolute atomic E-state index is 11.7. The summed E-state index contributed by atoms with van der Waals surface area (Å²) >= 11 is 0. The van der Waals surface area contributed by atoms with E-state index < -0.39 is 11.9 Å². The summed E-state index contributed by atoms with van der Waals surface area (Å²) in [6.07, 6.45) is 4.55. The molecule has 17 heavy (non-hydrogen) atoms. The van der Waals surface area contributed by atoms with Crippen molar-refractivity contribution < 1.29 is 14.7 Å². The molecule has 0 saturated heterocycles. The summed E-state index contributed by atoms with van der Waals surface area (Å²) in [4.78, 5) is 26.8. The Morgan fingerprint density at radius 2 is 2.24 bits per heavy atom. The number of aromatic nitrogens is 1. The molecule has 1 unspecified atom stereocenters. The van der Waals surface area contributed by atoms with Gasteiger partial charge in [-0.3, -0.25) is 9.59 Å². The number of rotatable bonds is 6. The lowest BCUT2D eigenvalue weighted by Gasteiger charge is -2.17. The van der Waals surface area contributed by atoms with Crippen molar-refractivity contribution in [1.82, 2.24) is 9.88 Å². The van der Waals surface area contributed by atoms with E-state index in [2.05, 4.69) is 4.98 Å². The molecule has 0 bridgehead atoms. The standard InChI is InChI=1S/C12H18N2O3/c1-9(12(16)17)7-11(15)14(2)6-4-10-3-5-13-8-10/h3,5,8-9,13H,4,6-7H2,1-2H3,(H,16,17). The van der Waals surface area contributed by atoms with E-state index >= 15 is 0 Å². The first-order valence-corrected chi connectivity index (χ1v) is 5.59. The number of carbonyl (C=O) groups excluding carboxylic acids is 1. The third kappa shape index (κ3) is 4.30. The molecule has 0 saturated carbocycles. The SMILES string of the molecule is CC(CC(=O)N(C)CCc1cc[nH]c1)C(=O)O. The van der Waals surface area contributed by atoms with Crippen LogP contribution >= 0.6 is 0 Å². The predicted molar refractivity (Wildman–Crippen MR) is 63.6 cm³/mol. The Kier molecular flexibility index (Phi) is 4.75. The van der Waals surface area contributed by atoms with Crippen molar-refractivity contribution in [2.45, 2.75) is 19.8 Å². The number of hydrogen-bond acceptors (Lipinski definition) is 2. The Morgan fingerprint density at radius 3 is 2.76 bits per heavy atom. The Hall–Kier alpha value is -1.78. The summed E-state index contributed by atoms with van der Waals surface area (Å²) in [6, 6.07) is 1.96. The molecule has 0 aliphatic heterocycles. The van der Waals surface area contributed by atoms with Crippen LogP contribution in [0.1, 0.15) is 18.9 Å². The average molecular weight is 238 g/mol. The number of hydrogen-bond donors (Lipinski definition) is 2. The van der Waals surface area contributed by atoms with Crippen molar-refractivity contribution in [2.24, 2.45) is 5.92 Å². The van der Waals surface area contributed by atoms with Crippen LogP contribution in [0.3, 0.4) is 0 Å². The van der Waals surface area contributed by atoms with E-state index in [0.29, 0.717) is 6.54 Å². The van der Waals surface area contributed by atoms with Gasteiger partial charge in [0.2, 0.25) is 5.91 Å². The fourth-order valence-electron chi connectivity index (χ4n) is 1.44. The van der Waals surface area contributed by atoms with Gasteiger partial charge in [-0.05, 0) is 18.1 Å². The first kappa shape index (κ1) is 13.3. The molecule has 1 rings (SSSR count). The smallest absolute Gasteiger partial charge is 0.306 e. The average Bonchev–Trinajstić information content (AvgIpc) is 2.78. The number of aliphatic carboxylic acids is 1. The Morgan fingerprint density at radius 1 is 1.53 bits per heavy atom. The minimum absolute atomic E-state index is 0.0545. The fourth-order valence-corrected chi connectivity index (χ4v) is 1.44. The Bertz CT molecular complexity index is 373. The van der Waals surface area contributed by atoms with E-state index in [1.54, 1.807) is 18.9 Å². The maximum atomic E-state index is 11.7. The highest BCUT2D eigenvalue weighted by molar-refractivity contribution is 5.81. The quantitative estimate of drug-likeness (QED) is 0.780. The summed E-state index contributed by atoms with van der Waals surface area (Å²) in [5, 5.41) is 8.72. The topological polar surface area (TPSA) is 73.4 Å². The minimum atomic E-state index is -0.933. The van der Waals surface area contributed by atoms with Crippen molar-refractivity contribution in [3.8, 4) is 0 Å². The molecule has 1 amide bonds. The van der Waals surface area contributed by atoms with E-state index in [0.717, 1.165) is 12.0 Å². The van der Waals surface area contributed by atoms with Gasteiger partial charge in [0.15, 0.2) is 0 Å². The van der Waals surface area contributed by atoms with Crippen LogP contribution in [-0.2, 0) is 16.0 Å². The molecule has 0 spiro atoms.